The average molecular weight is 334 g/mol. The SMILES string of the molecule is CC1=C2[C@@H](CC/C(C)=C/c3cccc(O)c3)OC[C@@H]2S(=O)(=O)C1. The molecule has 1 saturated heterocycles. The molecule has 2 atom stereocenters. The largest absolute Gasteiger partial charge is 0.508 e. The van der Waals surface area contributed by atoms with Crippen LogP contribution in [0.15, 0.2) is 41.0 Å². The number of phenolic OH excluding ortho intramolecular Hbond substituents is 1. The molecule has 0 radical (unpaired) electrons. The van der Waals surface area contributed by atoms with E-state index in [4.69, 9.17) is 4.74 Å². The lowest BCUT2D eigenvalue weighted by Crippen LogP contribution is -2.19. The number of rotatable bonds is 4. The van der Waals surface area contributed by atoms with Crippen LogP contribution in [0.2, 0.25) is 0 Å². The van der Waals surface area contributed by atoms with Crippen LogP contribution in [0.5, 0.6) is 5.75 Å². The fourth-order valence-electron chi connectivity index (χ4n) is 3.49. The number of ether oxygens (including phenoxy) is 1. The van der Waals surface area contributed by atoms with Gasteiger partial charge >= 0.3 is 0 Å². The molecule has 0 saturated carbocycles. The van der Waals surface area contributed by atoms with Crippen LogP contribution in [0.1, 0.15) is 32.3 Å². The molecule has 5 heteroatoms. The zero-order chi connectivity index (χ0) is 16.6. The van der Waals surface area contributed by atoms with Crippen LogP contribution in [0, 0.1) is 0 Å². The number of benzene rings is 1. The molecule has 0 spiro atoms. The van der Waals surface area contributed by atoms with E-state index in [0.29, 0.717) is 6.61 Å². The maximum absolute atomic E-state index is 12.1. The number of fused-ring (bicyclic) bond motifs is 1. The van der Waals surface area contributed by atoms with Crippen molar-refractivity contribution >= 4 is 15.9 Å². The first-order valence-electron chi connectivity index (χ1n) is 7.86. The van der Waals surface area contributed by atoms with Crippen LogP contribution in [0.3, 0.4) is 0 Å². The Bertz CT molecular complexity index is 774. The molecule has 1 fully saturated rings. The second-order valence-corrected chi connectivity index (χ2v) is 8.66. The summed E-state index contributed by atoms with van der Waals surface area (Å²) in [6.45, 7) is 4.25. The third-order valence-corrected chi connectivity index (χ3v) is 6.66. The lowest BCUT2D eigenvalue weighted by Gasteiger charge is -2.12. The van der Waals surface area contributed by atoms with Gasteiger partial charge in [0.2, 0.25) is 0 Å². The molecule has 0 amide bonds. The highest BCUT2D eigenvalue weighted by molar-refractivity contribution is 7.92. The summed E-state index contributed by atoms with van der Waals surface area (Å²) in [5.74, 6) is 0.441. The number of phenols is 1. The third kappa shape index (κ3) is 3.35. The van der Waals surface area contributed by atoms with Crippen molar-refractivity contribution in [1.82, 2.24) is 0 Å². The maximum atomic E-state index is 12.1. The monoisotopic (exact) mass is 334 g/mol. The first-order valence-corrected chi connectivity index (χ1v) is 9.57. The number of allylic oxidation sites excluding steroid dienone is 1. The Hall–Kier alpha value is -1.59. The second kappa shape index (κ2) is 6.13. The fourth-order valence-corrected chi connectivity index (χ4v) is 5.49. The van der Waals surface area contributed by atoms with E-state index >= 15 is 0 Å². The Kier molecular flexibility index (Phi) is 4.34. The summed E-state index contributed by atoms with van der Waals surface area (Å²) in [6, 6.07) is 7.13. The quantitative estimate of drug-likeness (QED) is 0.860. The molecule has 3 rings (SSSR count). The average Bonchev–Trinajstić information content (AvgIpc) is 2.98. The van der Waals surface area contributed by atoms with Gasteiger partial charge in [0.25, 0.3) is 0 Å². The minimum absolute atomic E-state index is 0.0789. The van der Waals surface area contributed by atoms with Crippen LogP contribution < -0.4 is 0 Å². The van der Waals surface area contributed by atoms with Crippen molar-refractivity contribution in [3.8, 4) is 5.75 Å². The van der Waals surface area contributed by atoms with Gasteiger partial charge in [-0.15, -0.1) is 0 Å². The van der Waals surface area contributed by atoms with Crippen molar-refractivity contribution in [2.75, 3.05) is 12.4 Å². The first kappa shape index (κ1) is 16.3. The summed E-state index contributed by atoms with van der Waals surface area (Å²) in [6.07, 6.45) is 3.59. The lowest BCUT2D eigenvalue weighted by atomic mass is 9.98. The molecule has 2 heterocycles. The molecule has 0 aromatic heterocycles. The van der Waals surface area contributed by atoms with Gasteiger partial charge in [0.1, 0.15) is 11.0 Å². The summed E-state index contributed by atoms with van der Waals surface area (Å²) in [7, 11) is -3.04. The molecule has 124 valence electrons. The molecule has 1 aromatic rings. The van der Waals surface area contributed by atoms with E-state index in [2.05, 4.69) is 0 Å². The van der Waals surface area contributed by atoms with E-state index in [0.717, 1.165) is 29.6 Å². The molecule has 0 aliphatic carbocycles. The molecular weight excluding hydrogens is 312 g/mol. The number of hydrogen-bond acceptors (Lipinski definition) is 4. The molecule has 1 aromatic carbocycles. The van der Waals surface area contributed by atoms with Crippen molar-refractivity contribution in [2.45, 2.75) is 38.0 Å². The molecule has 2 aliphatic rings. The normalized spacial score (nSPS) is 26.6. The minimum Gasteiger partial charge on any atom is -0.508 e. The van der Waals surface area contributed by atoms with Crippen LogP contribution in [0.4, 0.5) is 0 Å². The topological polar surface area (TPSA) is 63.6 Å². The number of sulfone groups is 1. The molecule has 2 aliphatic heterocycles. The summed E-state index contributed by atoms with van der Waals surface area (Å²) < 4.78 is 29.8. The first-order chi connectivity index (χ1) is 10.9. The van der Waals surface area contributed by atoms with E-state index in [1.807, 2.05) is 32.1 Å². The zero-order valence-corrected chi connectivity index (χ0v) is 14.3. The summed E-state index contributed by atoms with van der Waals surface area (Å²) in [4.78, 5) is 0. The summed E-state index contributed by atoms with van der Waals surface area (Å²) in [5, 5.41) is 9.08. The van der Waals surface area contributed by atoms with Crippen molar-refractivity contribution in [1.29, 1.82) is 0 Å². The van der Waals surface area contributed by atoms with E-state index < -0.39 is 15.1 Å². The van der Waals surface area contributed by atoms with Crippen molar-refractivity contribution < 1.29 is 18.3 Å². The van der Waals surface area contributed by atoms with Gasteiger partial charge in [-0.25, -0.2) is 8.42 Å². The van der Waals surface area contributed by atoms with Crippen LogP contribution in [-0.2, 0) is 14.6 Å². The van der Waals surface area contributed by atoms with Gasteiger partial charge in [-0.1, -0.05) is 29.4 Å². The van der Waals surface area contributed by atoms with Crippen LogP contribution in [0.25, 0.3) is 6.08 Å². The highest BCUT2D eigenvalue weighted by atomic mass is 32.2. The number of aromatic hydroxyl groups is 1. The molecular formula is C18H22O4S. The van der Waals surface area contributed by atoms with Gasteiger partial charge in [-0.05, 0) is 50.0 Å². The Labute approximate surface area is 137 Å². The van der Waals surface area contributed by atoms with Gasteiger partial charge in [-0.3, -0.25) is 0 Å². The van der Waals surface area contributed by atoms with Crippen molar-refractivity contribution in [3.63, 3.8) is 0 Å². The predicted molar refractivity (Wildman–Crippen MR) is 91.0 cm³/mol. The van der Waals surface area contributed by atoms with E-state index in [1.165, 1.54) is 5.57 Å². The maximum Gasteiger partial charge on any atom is 0.163 e. The smallest absolute Gasteiger partial charge is 0.163 e. The molecule has 1 N–H and O–H groups in total. The van der Waals surface area contributed by atoms with E-state index in [-0.39, 0.29) is 17.6 Å². The van der Waals surface area contributed by atoms with Gasteiger partial charge in [0.05, 0.1) is 18.5 Å². The molecule has 23 heavy (non-hydrogen) atoms. The van der Waals surface area contributed by atoms with Crippen LogP contribution >= 0.6 is 0 Å². The van der Waals surface area contributed by atoms with E-state index in [9.17, 15) is 13.5 Å². The van der Waals surface area contributed by atoms with E-state index in [1.54, 1.807) is 12.1 Å². The Balaban J connectivity index is 1.66. The lowest BCUT2D eigenvalue weighted by molar-refractivity contribution is 0.118. The Morgan fingerprint density at radius 3 is 2.96 bits per heavy atom. The zero-order valence-electron chi connectivity index (χ0n) is 13.5. The molecule has 0 bridgehead atoms. The fraction of sp³-hybridized carbons (Fsp3) is 0.444. The predicted octanol–water partition coefficient (Wildman–Crippen LogP) is 3.09. The summed E-state index contributed by atoms with van der Waals surface area (Å²) >= 11 is 0. The molecule has 0 unspecified atom stereocenters. The second-order valence-electron chi connectivity index (χ2n) is 6.48. The molecule has 4 nitrogen and oxygen atoms in total. The van der Waals surface area contributed by atoms with Gasteiger partial charge in [-0.2, -0.15) is 0 Å². The van der Waals surface area contributed by atoms with Crippen LogP contribution in [-0.4, -0.2) is 37.2 Å². The Morgan fingerprint density at radius 2 is 2.22 bits per heavy atom. The van der Waals surface area contributed by atoms with Gasteiger partial charge < -0.3 is 9.84 Å². The van der Waals surface area contributed by atoms with Crippen molar-refractivity contribution in [2.24, 2.45) is 0 Å². The minimum atomic E-state index is -3.04. The summed E-state index contributed by atoms with van der Waals surface area (Å²) in [5.41, 5.74) is 4.11. The van der Waals surface area contributed by atoms with Crippen molar-refractivity contribution in [3.05, 3.63) is 46.5 Å². The standard InChI is InChI=1S/C18H22O4S/c1-12(8-14-4-3-5-15(19)9-14)6-7-16-18-13(2)11-23(20,21)17(18)10-22-16/h3-5,8-9,16-17,19H,6-7,10-11H2,1-2H3/b12-8+/t16-,17+/m1/s1. The van der Waals surface area contributed by atoms with Gasteiger partial charge in [0, 0.05) is 0 Å². The van der Waals surface area contributed by atoms with Gasteiger partial charge in [0.15, 0.2) is 9.84 Å². The third-order valence-electron chi connectivity index (χ3n) is 4.57. The highest BCUT2D eigenvalue weighted by Crippen LogP contribution is 2.38. The number of hydrogen-bond donors (Lipinski definition) is 1. The highest BCUT2D eigenvalue weighted by Gasteiger charge is 2.45. The Morgan fingerprint density at radius 1 is 1.43 bits per heavy atom.